The highest BCUT2D eigenvalue weighted by molar-refractivity contribution is 6.31. The molecule has 5 aromatic carbocycles. The van der Waals surface area contributed by atoms with Gasteiger partial charge in [-0.2, -0.15) is 30.8 Å². The maximum Gasteiger partial charge on any atom is 0.341 e. The van der Waals surface area contributed by atoms with Gasteiger partial charge in [0, 0.05) is 76.0 Å². The van der Waals surface area contributed by atoms with Crippen molar-refractivity contribution in [3.8, 4) is 51.1 Å². The lowest BCUT2D eigenvalue weighted by atomic mass is 10.00. The van der Waals surface area contributed by atoms with E-state index in [-0.39, 0.29) is 68.4 Å². The predicted molar refractivity (Wildman–Crippen MR) is 471 cm³/mol. The Bertz CT molecular complexity index is 5460. The molecule has 9 aromatic heterocycles. The summed E-state index contributed by atoms with van der Waals surface area (Å²) in [5.74, 6) is -0.447. The molecule has 0 saturated heterocycles. The number of anilines is 1. The van der Waals surface area contributed by atoms with Crippen LogP contribution in [0.25, 0.3) is 67.6 Å². The van der Waals surface area contributed by atoms with Crippen LogP contribution in [0.15, 0.2) is 183 Å². The number of nitrogens with two attached hydrogens (primary N) is 1. The van der Waals surface area contributed by atoms with Crippen molar-refractivity contribution in [2.24, 2.45) is 0 Å². The Morgan fingerprint density at radius 1 is 0.534 bits per heavy atom. The number of ketones is 1. The normalized spacial score (nSPS) is 10.4. The van der Waals surface area contributed by atoms with E-state index in [9.17, 15) is 34.3 Å². The van der Waals surface area contributed by atoms with E-state index >= 15 is 0 Å². The number of hydrogen-bond donors (Lipinski definition) is 3. The number of aryl methyl sites for hydroxylation is 9. The molecule has 14 rings (SSSR count). The van der Waals surface area contributed by atoms with E-state index in [0.717, 1.165) is 108 Å². The number of aliphatic hydroxyl groups is 1. The number of benzene rings is 5. The number of nitrogen functional groups attached to an aromatic ring is 1. The number of aromatic amines is 1. The number of esters is 2. The van der Waals surface area contributed by atoms with Crippen molar-refractivity contribution < 1.29 is 44.3 Å². The van der Waals surface area contributed by atoms with Gasteiger partial charge in [0.1, 0.15) is 29.9 Å². The summed E-state index contributed by atoms with van der Waals surface area (Å²) in [5, 5.41) is 43.0. The van der Waals surface area contributed by atoms with Crippen LogP contribution in [0.3, 0.4) is 0 Å². The zero-order valence-corrected chi connectivity index (χ0v) is 66.3. The van der Waals surface area contributed by atoms with Crippen LogP contribution in [0.2, 0.25) is 5.04 Å². The van der Waals surface area contributed by atoms with Crippen molar-refractivity contribution in [1.29, 1.82) is 5.26 Å². The molecular formula is C90H118N16O9Si. The summed E-state index contributed by atoms with van der Waals surface area (Å²) >= 11 is 0. The maximum atomic E-state index is 12.2. The lowest BCUT2D eigenvalue weighted by Crippen LogP contribution is -2.18. The smallest absolute Gasteiger partial charge is 0.341 e. The number of ether oxygens (including phenoxy) is 2. The summed E-state index contributed by atoms with van der Waals surface area (Å²) < 4.78 is 28.4. The molecule has 0 bridgehead atoms. The van der Waals surface area contributed by atoms with Gasteiger partial charge in [-0.05, 0) is 80.3 Å². The molecule has 0 fully saturated rings. The highest BCUT2D eigenvalue weighted by Gasteiger charge is 2.27. The van der Waals surface area contributed by atoms with Gasteiger partial charge in [0.15, 0.2) is 44.7 Å². The van der Waals surface area contributed by atoms with E-state index < -0.39 is 27.8 Å². The second-order valence-corrected chi connectivity index (χ2v) is 29.1. The fourth-order valence-corrected chi connectivity index (χ4v) is 11.9. The molecule has 1 atom stereocenters. The molecule has 616 valence electrons. The van der Waals surface area contributed by atoms with Crippen LogP contribution in [0, 0.1) is 73.6 Å². The lowest BCUT2D eigenvalue weighted by Gasteiger charge is -2.23. The minimum absolute atomic E-state index is 0. The number of aromatic nitrogens is 14. The zero-order valence-electron chi connectivity index (χ0n) is 65.9. The summed E-state index contributed by atoms with van der Waals surface area (Å²) in [5.41, 5.74) is 27.7. The highest BCUT2D eigenvalue weighted by Crippen LogP contribution is 2.35. The van der Waals surface area contributed by atoms with Gasteiger partial charge in [0.2, 0.25) is 0 Å². The Labute approximate surface area is 687 Å². The third kappa shape index (κ3) is 26.9. The number of carbonyl (C=O) groups excluding carboxylic acids is 5. The standard InChI is InChI=1S/C20H24N4OSi.C16H15N3O2.C15H15N3O.C15H13N3O.C8H8O.C5H8O3.C3H5N3.C2H6.6CH4/c1-13-6-8-15(9-7-13)19-18(16(12-21)25-26-20(3,4)5)14(2)23-17-10-11-22-24(17)19;1-10-4-6-12(7-5-10)15-14(16(20)21-3)11(2)18-13-8-9-17-19(13)15;2*1-10-3-5-12(6-4-10)15-13(9-19)11(2)17-14-7-8-16-18(14)15;1-7-2-4-8(6-9)5-3-7;1-4(6)3-5(7)8-2;4-3-1-2-5-6-3;1-2;;;;;;/h6-11,16H,26H2,1-5H3;4-9H,1-3H3;3-8,19H,9H2,1-2H3;3-9H,1-2H3;2-6H,1H3;3H2,1-2H3;1-2H,(H3,4,5,6);1-2H3;6*1H4/i;;;;;;;1D;;;;;;. The second kappa shape index (κ2) is 48.3. The quantitative estimate of drug-likeness (QED) is 0.0418. The average Bonchev–Trinajstić information content (AvgIpc) is 1.67. The largest absolute Gasteiger partial charge is 0.469 e. The summed E-state index contributed by atoms with van der Waals surface area (Å²) in [6, 6.07) is 51.3. The van der Waals surface area contributed by atoms with Crippen LogP contribution in [0.5, 0.6) is 0 Å². The van der Waals surface area contributed by atoms with E-state index in [0.29, 0.717) is 40.9 Å². The molecule has 0 aliphatic heterocycles. The van der Waals surface area contributed by atoms with Gasteiger partial charge < -0.3 is 24.7 Å². The monoisotopic (exact) mass is 1600 g/mol. The molecule has 0 aliphatic carbocycles. The molecule has 25 nitrogen and oxygen atoms in total. The molecule has 0 radical (unpaired) electrons. The summed E-state index contributed by atoms with van der Waals surface area (Å²) in [4.78, 5) is 71.8. The SMILES string of the molecule is C.C.C.C.C.C.COC(=O)CC(C)=O.COC(=O)c1c(C)nc2ccnn2c1-c1ccc(C)cc1.Cc1ccc(-c2c(C(C#N)O[SiH2]C(C)(C)C)c(C)nc3ccnn23)cc1.Cc1ccc(-c2c(C=O)c(C)nc3ccnn23)cc1.Cc1ccc(-c2c(CO)c(C)nc3ccnn23)cc1.Cc1ccc(C=O)cc1.Nc1ccn[nH]1.[2H]CC. The van der Waals surface area contributed by atoms with Gasteiger partial charge in [-0.25, -0.2) is 42.8 Å². The van der Waals surface area contributed by atoms with Crippen molar-refractivity contribution in [2.75, 3.05) is 20.0 Å². The number of carbonyl (C=O) groups is 5. The molecule has 0 amide bonds. The molecule has 116 heavy (non-hydrogen) atoms. The van der Waals surface area contributed by atoms with Crippen molar-refractivity contribution in [2.45, 2.75) is 173 Å². The van der Waals surface area contributed by atoms with Crippen molar-refractivity contribution in [3.63, 3.8) is 0 Å². The summed E-state index contributed by atoms with van der Waals surface area (Å²) in [6.07, 6.45) is 9.35. The van der Waals surface area contributed by atoms with Crippen molar-refractivity contribution >= 4 is 68.5 Å². The Hall–Kier alpha value is -12.8. The van der Waals surface area contributed by atoms with Gasteiger partial charge in [-0.15, -0.1) is 0 Å². The first-order valence-electron chi connectivity index (χ1n) is 35.8. The average molecular weight is 1600 g/mol. The van der Waals surface area contributed by atoms with Crippen LogP contribution < -0.4 is 5.73 Å². The number of nitrogens with zero attached hydrogens (tertiary/aromatic N) is 14. The fraction of sp³-hybridized carbons (Fsp3) is 0.300. The Kier molecular flexibility index (Phi) is 41.3. The number of aldehydes is 2. The molecular weight excluding hydrogens is 1480 g/mol. The van der Waals surface area contributed by atoms with Crippen molar-refractivity contribution in [1.82, 2.24) is 68.6 Å². The molecule has 14 aromatic rings. The van der Waals surface area contributed by atoms with E-state index in [4.69, 9.17) is 16.3 Å². The van der Waals surface area contributed by atoms with E-state index in [1.54, 1.807) is 69.0 Å². The van der Waals surface area contributed by atoms with Gasteiger partial charge in [0.05, 0.1) is 97.6 Å². The number of hydrogen-bond acceptors (Lipinski definition) is 20. The Morgan fingerprint density at radius 2 is 0.905 bits per heavy atom. The molecule has 0 spiro atoms. The molecule has 9 heterocycles. The number of rotatable bonds is 13. The first-order valence-corrected chi connectivity index (χ1v) is 36.3. The maximum absolute atomic E-state index is 12.2. The van der Waals surface area contributed by atoms with Crippen LogP contribution in [-0.2, 0) is 30.1 Å². The van der Waals surface area contributed by atoms with Gasteiger partial charge in [0.25, 0.3) is 0 Å². The second-order valence-electron chi connectivity index (χ2n) is 26.4. The Morgan fingerprint density at radius 3 is 1.25 bits per heavy atom. The number of H-pyrrole nitrogens is 1. The number of fused-ring (bicyclic) bond motifs is 4. The number of aliphatic hydroxyl groups excluding tert-OH is 1. The fourth-order valence-electron chi connectivity index (χ4n) is 11.0. The van der Waals surface area contributed by atoms with Gasteiger partial charge >= 0.3 is 11.9 Å². The van der Waals surface area contributed by atoms with E-state index in [2.05, 4.69) is 132 Å². The summed E-state index contributed by atoms with van der Waals surface area (Å²) in [7, 11) is 1.73. The van der Waals surface area contributed by atoms with E-state index in [1.165, 1.54) is 43.4 Å². The van der Waals surface area contributed by atoms with Crippen LogP contribution in [-0.4, -0.2) is 128 Å². The van der Waals surface area contributed by atoms with Crippen LogP contribution in [0.1, 0.15) is 193 Å². The molecule has 4 N–H and O–H groups in total. The topological polar surface area (TPSA) is 333 Å². The Balaban J connectivity index is 0.000000699. The summed E-state index contributed by atoms with van der Waals surface area (Å²) in [6.45, 7) is 27.7. The van der Waals surface area contributed by atoms with Crippen molar-refractivity contribution in [3.05, 3.63) is 261 Å². The van der Waals surface area contributed by atoms with Gasteiger partial charge in [-0.3, -0.25) is 24.3 Å². The molecule has 0 saturated carbocycles. The lowest BCUT2D eigenvalue weighted by molar-refractivity contribution is -0.143. The third-order valence-electron chi connectivity index (χ3n) is 16.5. The minimum Gasteiger partial charge on any atom is -0.469 e. The molecule has 26 heteroatoms. The van der Waals surface area contributed by atoms with Crippen LogP contribution >= 0.6 is 0 Å². The number of nitrogens with one attached hydrogen (secondary N) is 1. The van der Waals surface area contributed by atoms with E-state index in [1.807, 2.05) is 151 Å². The number of methoxy groups -OCH3 is 2. The van der Waals surface area contributed by atoms with Crippen LogP contribution in [0.4, 0.5) is 5.82 Å². The van der Waals surface area contributed by atoms with Gasteiger partial charge in [-0.1, -0.05) is 228 Å². The highest BCUT2D eigenvalue weighted by atomic mass is 28.2. The predicted octanol–water partition coefficient (Wildman–Crippen LogP) is 18.8. The minimum atomic E-state index is -0.889. The third-order valence-corrected chi connectivity index (χ3v) is 17.8. The number of nitriles is 1. The molecule has 0 aliphatic rings. The molecule has 1 unspecified atom stereocenters. The first kappa shape index (κ1) is 99.2. The zero-order chi connectivity index (χ0) is 81.1. The number of Topliss-reactive ketones (excluding diaryl/α,β-unsaturated/α-hetero) is 1. The first-order chi connectivity index (χ1) is 53.1.